The maximum atomic E-state index is 12.9. The first kappa shape index (κ1) is 16.2. The van der Waals surface area contributed by atoms with E-state index in [1.165, 1.54) is 6.42 Å². The van der Waals surface area contributed by atoms with E-state index in [9.17, 15) is 8.42 Å². The van der Waals surface area contributed by atoms with Gasteiger partial charge in [-0.05, 0) is 31.6 Å². The average Bonchev–Trinajstić information content (AvgIpc) is 2.93. The third-order valence-corrected chi connectivity index (χ3v) is 7.15. The third-order valence-electron chi connectivity index (χ3n) is 4.93. The van der Waals surface area contributed by atoms with Gasteiger partial charge in [0.1, 0.15) is 0 Å². The van der Waals surface area contributed by atoms with E-state index in [2.05, 4.69) is 6.92 Å². The van der Waals surface area contributed by atoms with Gasteiger partial charge in [0.05, 0.1) is 0 Å². The van der Waals surface area contributed by atoms with E-state index in [-0.39, 0.29) is 5.54 Å². The van der Waals surface area contributed by atoms with Gasteiger partial charge >= 0.3 is 0 Å². The Kier molecular flexibility index (Phi) is 5.10. The van der Waals surface area contributed by atoms with E-state index in [1.54, 1.807) is 8.61 Å². The van der Waals surface area contributed by atoms with Gasteiger partial charge in [0.25, 0.3) is 10.2 Å². The summed E-state index contributed by atoms with van der Waals surface area (Å²) >= 11 is 0. The van der Waals surface area contributed by atoms with Crippen LogP contribution in [0.2, 0.25) is 0 Å². The fourth-order valence-electron chi connectivity index (χ4n) is 3.95. The van der Waals surface area contributed by atoms with Gasteiger partial charge in [0, 0.05) is 31.7 Å². The van der Waals surface area contributed by atoms with Crippen molar-refractivity contribution in [2.45, 2.75) is 57.9 Å². The average molecular weight is 303 g/mol. The Balaban J connectivity index is 2.29. The SMILES string of the molecule is CCN(C1(CN)CCCC(C)C1)S(=O)(=O)N1CCCC1. The van der Waals surface area contributed by atoms with Crippen LogP contribution >= 0.6 is 0 Å². The molecule has 118 valence electrons. The van der Waals surface area contributed by atoms with E-state index < -0.39 is 10.2 Å². The number of hydrogen-bond donors (Lipinski definition) is 1. The van der Waals surface area contributed by atoms with E-state index >= 15 is 0 Å². The van der Waals surface area contributed by atoms with Crippen LogP contribution < -0.4 is 5.73 Å². The summed E-state index contributed by atoms with van der Waals surface area (Å²) in [6.45, 7) is 6.41. The normalized spacial score (nSPS) is 32.9. The molecule has 2 fully saturated rings. The van der Waals surface area contributed by atoms with Crippen molar-refractivity contribution in [3.63, 3.8) is 0 Å². The molecule has 6 heteroatoms. The molecule has 2 unspecified atom stereocenters. The molecule has 0 amide bonds. The Morgan fingerprint density at radius 2 is 1.95 bits per heavy atom. The van der Waals surface area contributed by atoms with E-state index in [0.717, 1.165) is 32.1 Å². The molecule has 20 heavy (non-hydrogen) atoms. The molecule has 2 N–H and O–H groups in total. The Bertz CT molecular complexity index is 420. The molecule has 1 aliphatic heterocycles. The standard InChI is InChI=1S/C14H29N3O2S/c1-3-17(20(18,19)16-9-4-5-10-16)14(12-15)8-6-7-13(2)11-14/h13H,3-12,15H2,1-2H3. The van der Waals surface area contributed by atoms with Crippen molar-refractivity contribution in [3.8, 4) is 0 Å². The summed E-state index contributed by atoms with van der Waals surface area (Å²) in [5.74, 6) is 0.551. The van der Waals surface area contributed by atoms with Crippen molar-refractivity contribution < 1.29 is 8.42 Å². The van der Waals surface area contributed by atoms with Crippen LogP contribution in [0.3, 0.4) is 0 Å². The predicted molar refractivity (Wildman–Crippen MR) is 81.5 cm³/mol. The maximum Gasteiger partial charge on any atom is 0.282 e. The lowest BCUT2D eigenvalue weighted by molar-refractivity contribution is 0.107. The van der Waals surface area contributed by atoms with Crippen molar-refractivity contribution >= 4 is 10.2 Å². The summed E-state index contributed by atoms with van der Waals surface area (Å²) in [5, 5.41) is 0. The van der Waals surface area contributed by atoms with Crippen molar-refractivity contribution in [2.24, 2.45) is 11.7 Å². The molecule has 0 aromatic heterocycles. The van der Waals surface area contributed by atoms with Crippen LogP contribution in [0.1, 0.15) is 52.4 Å². The molecule has 0 spiro atoms. The first-order chi connectivity index (χ1) is 9.46. The number of likely N-dealkylation sites (N-methyl/N-ethyl adjacent to an activating group) is 1. The second kappa shape index (κ2) is 6.30. The van der Waals surface area contributed by atoms with Crippen molar-refractivity contribution in [1.82, 2.24) is 8.61 Å². The highest BCUT2D eigenvalue weighted by Crippen LogP contribution is 2.38. The Morgan fingerprint density at radius 1 is 1.30 bits per heavy atom. The van der Waals surface area contributed by atoms with Gasteiger partial charge < -0.3 is 5.73 Å². The summed E-state index contributed by atoms with van der Waals surface area (Å²) < 4.78 is 29.2. The quantitative estimate of drug-likeness (QED) is 0.838. The largest absolute Gasteiger partial charge is 0.329 e. The summed E-state index contributed by atoms with van der Waals surface area (Å²) in [6, 6.07) is 0. The minimum absolute atomic E-state index is 0.367. The van der Waals surface area contributed by atoms with E-state index in [0.29, 0.717) is 32.1 Å². The zero-order chi connectivity index (χ0) is 14.8. The maximum absolute atomic E-state index is 12.9. The van der Waals surface area contributed by atoms with Gasteiger partial charge in [-0.2, -0.15) is 17.0 Å². The van der Waals surface area contributed by atoms with Gasteiger partial charge in [-0.15, -0.1) is 0 Å². The number of nitrogens with two attached hydrogens (primary N) is 1. The number of nitrogens with zero attached hydrogens (tertiary/aromatic N) is 2. The molecule has 0 bridgehead atoms. The highest BCUT2D eigenvalue weighted by Gasteiger charge is 2.46. The van der Waals surface area contributed by atoms with Crippen LogP contribution in [-0.2, 0) is 10.2 Å². The molecule has 0 aromatic carbocycles. The molecule has 1 aliphatic carbocycles. The molecule has 1 saturated carbocycles. The Hall–Kier alpha value is -0.170. The molecule has 0 radical (unpaired) electrons. The van der Waals surface area contributed by atoms with Crippen LogP contribution in [0, 0.1) is 5.92 Å². The van der Waals surface area contributed by atoms with Crippen LogP contribution in [-0.4, -0.2) is 48.7 Å². The third kappa shape index (κ3) is 2.89. The molecule has 2 rings (SSSR count). The minimum atomic E-state index is -3.36. The zero-order valence-corrected chi connectivity index (χ0v) is 13.7. The second-order valence-electron chi connectivity index (χ2n) is 6.41. The lowest BCUT2D eigenvalue weighted by atomic mass is 9.76. The molecule has 0 aromatic rings. The van der Waals surface area contributed by atoms with E-state index in [1.807, 2.05) is 6.92 Å². The van der Waals surface area contributed by atoms with Crippen molar-refractivity contribution in [3.05, 3.63) is 0 Å². The summed E-state index contributed by atoms with van der Waals surface area (Å²) in [5.41, 5.74) is 5.68. The van der Waals surface area contributed by atoms with Crippen LogP contribution in [0.15, 0.2) is 0 Å². The summed E-state index contributed by atoms with van der Waals surface area (Å²) in [7, 11) is -3.36. The van der Waals surface area contributed by atoms with Gasteiger partial charge in [-0.3, -0.25) is 0 Å². The topological polar surface area (TPSA) is 66.6 Å². The van der Waals surface area contributed by atoms with Crippen LogP contribution in [0.4, 0.5) is 0 Å². The lowest BCUT2D eigenvalue weighted by Gasteiger charge is -2.47. The predicted octanol–water partition coefficient (Wildman–Crippen LogP) is 1.56. The van der Waals surface area contributed by atoms with Crippen molar-refractivity contribution in [1.29, 1.82) is 0 Å². The first-order valence-electron chi connectivity index (χ1n) is 7.94. The first-order valence-corrected chi connectivity index (χ1v) is 9.34. The number of hydrogen-bond acceptors (Lipinski definition) is 3. The lowest BCUT2D eigenvalue weighted by Crippen LogP contribution is -2.60. The summed E-state index contributed by atoms with van der Waals surface area (Å²) in [4.78, 5) is 0. The highest BCUT2D eigenvalue weighted by molar-refractivity contribution is 7.86. The molecule has 1 heterocycles. The fraction of sp³-hybridized carbons (Fsp3) is 1.00. The number of rotatable bonds is 5. The Labute approximate surface area is 123 Å². The smallest absolute Gasteiger partial charge is 0.282 e. The van der Waals surface area contributed by atoms with Crippen LogP contribution in [0.25, 0.3) is 0 Å². The second-order valence-corrected chi connectivity index (χ2v) is 8.26. The zero-order valence-electron chi connectivity index (χ0n) is 12.8. The molecule has 2 aliphatic rings. The highest BCUT2D eigenvalue weighted by atomic mass is 32.2. The fourth-order valence-corrected chi connectivity index (χ4v) is 6.00. The molecular formula is C14H29N3O2S. The molecule has 1 saturated heterocycles. The molecule has 2 atom stereocenters. The van der Waals surface area contributed by atoms with Crippen molar-refractivity contribution in [2.75, 3.05) is 26.2 Å². The van der Waals surface area contributed by atoms with Gasteiger partial charge in [0.2, 0.25) is 0 Å². The molecule has 5 nitrogen and oxygen atoms in total. The molecular weight excluding hydrogens is 274 g/mol. The van der Waals surface area contributed by atoms with E-state index in [4.69, 9.17) is 5.73 Å². The minimum Gasteiger partial charge on any atom is -0.329 e. The van der Waals surface area contributed by atoms with Gasteiger partial charge in [0.15, 0.2) is 0 Å². The van der Waals surface area contributed by atoms with Gasteiger partial charge in [-0.25, -0.2) is 0 Å². The monoisotopic (exact) mass is 303 g/mol. The van der Waals surface area contributed by atoms with Crippen LogP contribution in [0.5, 0.6) is 0 Å². The van der Waals surface area contributed by atoms with Gasteiger partial charge in [-0.1, -0.05) is 26.7 Å². The summed E-state index contributed by atoms with van der Waals surface area (Å²) in [6.07, 6.45) is 6.00. The Morgan fingerprint density at radius 3 is 2.45 bits per heavy atom.